The number of aromatic hydroxyl groups is 1. The molecule has 2 aromatic rings. The molecule has 0 unspecified atom stereocenters. The molecular weight excluding hydrogens is 294 g/mol. The zero-order valence-corrected chi connectivity index (χ0v) is 13.8. The Balaban J connectivity index is 2.17. The van der Waals surface area contributed by atoms with E-state index >= 15 is 0 Å². The van der Waals surface area contributed by atoms with Crippen LogP contribution in [0.3, 0.4) is 0 Å². The van der Waals surface area contributed by atoms with Crippen LogP contribution in [-0.4, -0.2) is 25.2 Å². The van der Waals surface area contributed by atoms with Crippen molar-refractivity contribution >= 4 is 11.6 Å². The average Bonchev–Trinajstić information content (AvgIpc) is 2.51. The Kier molecular flexibility index (Phi) is 5.11. The molecule has 0 aromatic heterocycles. The van der Waals surface area contributed by atoms with E-state index in [0.29, 0.717) is 17.2 Å². The molecule has 0 spiro atoms. The molecule has 0 aliphatic heterocycles. The second-order valence-corrected chi connectivity index (χ2v) is 5.36. The number of hydrogen-bond acceptors (Lipinski definition) is 4. The number of ether oxygens (including phenoxy) is 2. The summed E-state index contributed by atoms with van der Waals surface area (Å²) in [6.45, 7) is 3.76. The summed E-state index contributed by atoms with van der Waals surface area (Å²) in [5.74, 6) is 1.29. The predicted octanol–water partition coefficient (Wildman–Crippen LogP) is 3.21. The number of anilines is 1. The number of carbonyl (C=O) groups excluding carboxylic acids is 1. The minimum Gasteiger partial charge on any atom is -0.508 e. The molecule has 2 rings (SSSR count). The summed E-state index contributed by atoms with van der Waals surface area (Å²) in [5.41, 5.74) is 3.32. The number of amides is 1. The molecule has 0 saturated heterocycles. The van der Waals surface area contributed by atoms with Crippen molar-refractivity contribution in [2.24, 2.45) is 0 Å². The second-order valence-electron chi connectivity index (χ2n) is 5.36. The summed E-state index contributed by atoms with van der Waals surface area (Å²) in [6.07, 6.45) is 0.229. The van der Waals surface area contributed by atoms with Gasteiger partial charge in [0.15, 0.2) is 11.5 Å². The number of phenolic OH excluding ortho intramolecular Hbond substituents is 1. The predicted molar refractivity (Wildman–Crippen MR) is 89.5 cm³/mol. The Morgan fingerprint density at radius 3 is 2.30 bits per heavy atom. The van der Waals surface area contributed by atoms with E-state index in [1.165, 1.54) is 0 Å². The van der Waals surface area contributed by atoms with E-state index in [4.69, 9.17) is 9.47 Å². The lowest BCUT2D eigenvalue weighted by atomic mass is 10.0. The standard InChI is InChI=1S/C18H21NO4/c1-11-8-16(22-3)17(23-4)9-13(11)10-18(21)19-15-6-5-14(20)7-12(15)2/h5-9,20H,10H2,1-4H3,(H,19,21). The van der Waals surface area contributed by atoms with Crippen molar-refractivity contribution in [3.8, 4) is 17.2 Å². The highest BCUT2D eigenvalue weighted by Crippen LogP contribution is 2.30. The number of carbonyl (C=O) groups is 1. The SMILES string of the molecule is COc1cc(C)c(CC(=O)Nc2ccc(O)cc2C)cc1OC. The van der Waals surface area contributed by atoms with Gasteiger partial charge in [-0.25, -0.2) is 0 Å². The highest BCUT2D eigenvalue weighted by molar-refractivity contribution is 5.93. The van der Waals surface area contributed by atoms with Crippen LogP contribution in [0.5, 0.6) is 17.2 Å². The Morgan fingerprint density at radius 1 is 1.04 bits per heavy atom. The number of methoxy groups -OCH3 is 2. The van der Waals surface area contributed by atoms with Gasteiger partial charge in [0.1, 0.15) is 5.75 Å². The van der Waals surface area contributed by atoms with Gasteiger partial charge in [0.25, 0.3) is 0 Å². The van der Waals surface area contributed by atoms with Gasteiger partial charge < -0.3 is 19.9 Å². The topological polar surface area (TPSA) is 67.8 Å². The van der Waals surface area contributed by atoms with Gasteiger partial charge in [0.05, 0.1) is 20.6 Å². The molecule has 0 fully saturated rings. The number of hydrogen-bond donors (Lipinski definition) is 2. The van der Waals surface area contributed by atoms with Crippen molar-refractivity contribution in [3.63, 3.8) is 0 Å². The van der Waals surface area contributed by atoms with Crippen molar-refractivity contribution in [1.82, 2.24) is 0 Å². The number of rotatable bonds is 5. The van der Waals surface area contributed by atoms with Crippen LogP contribution in [0.25, 0.3) is 0 Å². The van der Waals surface area contributed by atoms with E-state index in [0.717, 1.165) is 16.7 Å². The Hall–Kier alpha value is -2.69. The van der Waals surface area contributed by atoms with Gasteiger partial charge in [-0.05, 0) is 60.9 Å². The van der Waals surface area contributed by atoms with Gasteiger partial charge in [-0.3, -0.25) is 4.79 Å². The first kappa shape index (κ1) is 16.7. The fraction of sp³-hybridized carbons (Fsp3) is 0.278. The molecule has 5 nitrogen and oxygen atoms in total. The zero-order chi connectivity index (χ0) is 17.0. The van der Waals surface area contributed by atoms with E-state index in [1.54, 1.807) is 32.4 Å². The fourth-order valence-electron chi connectivity index (χ4n) is 2.37. The van der Waals surface area contributed by atoms with Crippen molar-refractivity contribution in [2.75, 3.05) is 19.5 Å². The molecule has 0 radical (unpaired) electrons. The molecule has 0 heterocycles. The molecule has 0 saturated carbocycles. The third-order valence-corrected chi connectivity index (χ3v) is 3.68. The number of nitrogens with one attached hydrogen (secondary N) is 1. The minimum absolute atomic E-state index is 0.130. The Labute approximate surface area is 135 Å². The maximum atomic E-state index is 12.3. The van der Waals surface area contributed by atoms with E-state index in [9.17, 15) is 9.90 Å². The molecule has 0 bridgehead atoms. The van der Waals surface area contributed by atoms with Crippen LogP contribution < -0.4 is 14.8 Å². The molecule has 1 amide bonds. The van der Waals surface area contributed by atoms with Crippen LogP contribution in [0, 0.1) is 13.8 Å². The molecule has 0 aliphatic carbocycles. The van der Waals surface area contributed by atoms with Crippen LogP contribution in [0.2, 0.25) is 0 Å². The average molecular weight is 315 g/mol. The van der Waals surface area contributed by atoms with E-state index in [1.807, 2.05) is 26.0 Å². The summed E-state index contributed by atoms with van der Waals surface area (Å²) in [4.78, 5) is 12.3. The number of aryl methyl sites for hydroxylation is 2. The van der Waals surface area contributed by atoms with Crippen LogP contribution in [0.1, 0.15) is 16.7 Å². The largest absolute Gasteiger partial charge is 0.508 e. The zero-order valence-electron chi connectivity index (χ0n) is 13.8. The van der Waals surface area contributed by atoms with Gasteiger partial charge in [-0.15, -0.1) is 0 Å². The van der Waals surface area contributed by atoms with Crippen LogP contribution >= 0.6 is 0 Å². The smallest absolute Gasteiger partial charge is 0.228 e. The van der Waals surface area contributed by atoms with Gasteiger partial charge in [-0.2, -0.15) is 0 Å². The molecule has 122 valence electrons. The lowest BCUT2D eigenvalue weighted by Gasteiger charge is -2.13. The highest BCUT2D eigenvalue weighted by Gasteiger charge is 2.12. The fourth-order valence-corrected chi connectivity index (χ4v) is 2.37. The number of benzene rings is 2. The van der Waals surface area contributed by atoms with Gasteiger partial charge >= 0.3 is 0 Å². The highest BCUT2D eigenvalue weighted by atomic mass is 16.5. The number of phenols is 1. The van der Waals surface area contributed by atoms with Crippen LogP contribution in [-0.2, 0) is 11.2 Å². The van der Waals surface area contributed by atoms with Crippen molar-refractivity contribution in [2.45, 2.75) is 20.3 Å². The Bertz CT molecular complexity index is 725. The van der Waals surface area contributed by atoms with Crippen molar-refractivity contribution in [1.29, 1.82) is 0 Å². The first-order valence-electron chi connectivity index (χ1n) is 7.25. The lowest BCUT2D eigenvalue weighted by Crippen LogP contribution is -2.16. The molecule has 2 N–H and O–H groups in total. The maximum Gasteiger partial charge on any atom is 0.228 e. The third kappa shape index (κ3) is 3.94. The quantitative estimate of drug-likeness (QED) is 0.831. The molecular formula is C18H21NO4. The van der Waals surface area contributed by atoms with Crippen LogP contribution in [0.15, 0.2) is 30.3 Å². The summed E-state index contributed by atoms with van der Waals surface area (Å²) >= 11 is 0. The van der Waals surface area contributed by atoms with E-state index in [2.05, 4.69) is 5.32 Å². The normalized spacial score (nSPS) is 10.3. The molecule has 0 aliphatic rings. The minimum atomic E-state index is -0.130. The first-order chi connectivity index (χ1) is 10.9. The summed E-state index contributed by atoms with van der Waals surface area (Å²) in [6, 6.07) is 8.51. The van der Waals surface area contributed by atoms with E-state index < -0.39 is 0 Å². The van der Waals surface area contributed by atoms with Crippen molar-refractivity contribution < 1.29 is 19.4 Å². The van der Waals surface area contributed by atoms with Gasteiger partial charge in [0.2, 0.25) is 5.91 Å². The Morgan fingerprint density at radius 2 is 1.70 bits per heavy atom. The van der Waals surface area contributed by atoms with E-state index in [-0.39, 0.29) is 18.1 Å². The first-order valence-corrected chi connectivity index (χ1v) is 7.25. The summed E-state index contributed by atoms with van der Waals surface area (Å²) < 4.78 is 10.5. The maximum absolute atomic E-state index is 12.3. The molecule has 5 heteroatoms. The monoisotopic (exact) mass is 315 g/mol. The molecule has 23 heavy (non-hydrogen) atoms. The molecule has 2 aromatic carbocycles. The second kappa shape index (κ2) is 7.05. The lowest BCUT2D eigenvalue weighted by molar-refractivity contribution is -0.115. The van der Waals surface area contributed by atoms with Gasteiger partial charge in [-0.1, -0.05) is 0 Å². The van der Waals surface area contributed by atoms with Crippen LogP contribution in [0.4, 0.5) is 5.69 Å². The van der Waals surface area contributed by atoms with Gasteiger partial charge in [0, 0.05) is 5.69 Å². The third-order valence-electron chi connectivity index (χ3n) is 3.68. The summed E-state index contributed by atoms with van der Waals surface area (Å²) in [5, 5.41) is 12.3. The summed E-state index contributed by atoms with van der Waals surface area (Å²) in [7, 11) is 3.15. The molecule has 0 atom stereocenters. The van der Waals surface area contributed by atoms with Crippen molar-refractivity contribution in [3.05, 3.63) is 47.0 Å².